The van der Waals surface area contributed by atoms with Crippen molar-refractivity contribution in [2.75, 3.05) is 47.5 Å². The van der Waals surface area contributed by atoms with Crippen molar-refractivity contribution in [1.82, 2.24) is 0 Å². The van der Waals surface area contributed by atoms with Crippen LogP contribution in [0.15, 0.2) is 24.3 Å². The third-order valence-corrected chi connectivity index (χ3v) is 10.7. The van der Waals surface area contributed by atoms with Crippen LogP contribution in [0.4, 0.5) is 0 Å². The smallest absolute Gasteiger partial charge is 0.306 e. The molecule has 0 saturated carbocycles. The number of ether oxygens (including phenoxy) is 2. The van der Waals surface area contributed by atoms with Gasteiger partial charge in [0, 0.05) is 12.8 Å². The highest BCUT2D eigenvalue weighted by Crippen LogP contribution is 2.38. The van der Waals surface area contributed by atoms with Gasteiger partial charge in [0.1, 0.15) is 19.8 Å². The number of carbonyl (C=O) groups is 2. The molecule has 0 aromatic heterocycles. The molecule has 0 heterocycles. The van der Waals surface area contributed by atoms with Crippen molar-refractivity contribution in [3.8, 4) is 0 Å². The Kier molecular flexibility index (Phi) is 37.0. The topological polar surface area (TPSA) is 111 Å². The van der Waals surface area contributed by atoms with Gasteiger partial charge in [-0.15, -0.1) is 0 Å². The molecule has 0 spiro atoms. The number of hydrogen-bond donors (Lipinski definition) is 0. The molecular formula is C45H86NO8P. The number of likely N-dealkylation sites (N-methyl/N-ethyl adjacent to an activating group) is 1. The first-order valence-corrected chi connectivity index (χ1v) is 24.0. The van der Waals surface area contributed by atoms with Crippen LogP contribution in [0.25, 0.3) is 0 Å². The van der Waals surface area contributed by atoms with Gasteiger partial charge >= 0.3 is 11.9 Å². The number of quaternary nitrogens is 1. The fourth-order valence-corrected chi connectivity index (χ4v) is 6.87. The molecule has 0 saturated heterocycles. The molecule has 0 amide bonds. The number of esters is 2. The zero-order valence-corrected chi connectivity index (χ0v) is 37.3. The van der Waals surface area contributed by atoms with Crippen molar-refractivity contribution < 1.29 is 42.1 Å². The quantitative estimate of drug-likeness (QED) is 0.0198. The van der Waals surface area contributed by atoms with E-state index >= 15 is 0 Å². The van der Waals surface area contributed by atoms with Gasteiger partial charge in [0.2, 0.25) is 0 Å². The minimum Gasteiger partial charge on any atom is -0.756 e. The van der Waals surface area contributed by atoms with Gasteiger partial charge in [-0.3, -0.25) is 14.2 Å². The van der Waals surface area contributed by atoms with E-state index in [1.165, 1.54) is 103 Å². The maximum Gasteiger partial charge on any atom is 0.306 e. The summed E-state index contributed by atoms with van der Waals surface area (Å²) in [4.78, 5) is 37.5. The molecular weight excluding hydrogens is 713 g/mol. The van der Waals surface area contributed by atoms with Crippen LogP contribution in [-0.4, -0.2) is 70.0 Å². The average Bonchev–Trinajstić information content (AvgIpc) is 3.13. The highest BCUT2D eigenvalue weighted by atomic mass is 31.2. The molecule has 0 aliphatic carbocycles. The Morgan fingerprint density at radius 3 is 1.49 bits per heavy atom. The lowest BCUT2D eigenvalue weighted by Gasteiger charge is -2.28. The SMILES string of the molecule is CCCC/C=C/C/C=C/CCCCCCCC(=O)O[C@H](COC(=O)CCCCCCCCCCCCCCCCCCC)COP(=O)([O-])OCC[N+](C)(C)C. The highest BCUT2D eigenvalue weighted by molar-refractivity contribution is 7.45. The van der Waals surface area contributed by atoms with Crippen molar-refractivity contribution in [2.24, 2.45) is 0 Å². The Balaban J connectivity index is 4.32. The molecule has 0 radical (unpaired) electrons. The normalized spacial score (nSPS) is 13.8. The molecule has 0 N–H and O–H groups in total. The van der Waals surface area contributed by atoms with Crippen LogP contribution in [0.1, 0.15) is 200 Å². The molecule has 0 aromatic carbocycles. The molecule has 1 unspecified atom stereocenters. The number of hydrogen-bond acceptors (Lipinski definition) is 8. The van der Waals surface area contributed by atoms with Gasteiger partial charge in [-0.2, -0.15) is 0 Å². The third-order valence-electron chi connectivity index (χ3n) is 9.72. The summed E-state index contributed by atoms with van der Waals surface area (Å²) in [6, 6.07) is 0. The second kappa shape index (κ2) is 38.0. The number of phosphoric acid groups is 1. The summed E-state index contributed by atoms with van der Waals surface area (Å²) in [6.07, 6.45) is 40.6. The molecule has 0 rings (SSSR count). The van der Waals surface area contributed by atoms with Crippen LogP contribution in [-0.2, 0) is 32.7 Å². The summed E-state index contributed by atoms with van der Waals surface area (Å²) < 4.78 is 33.9. The number of carbonyl (C=O) groups excluding carboxylic acids is 2. The minimum atomic E-state index is -4.62. The van der Waals surface area contributed by atoms with Crippen LogP contribution < -0.4 is 4.89 Å². The molecule has 324 valence electrons. The van der Waals surface area contributed by atoms with Crippen molar-refractivity contribution >= 4 is 19.8 Å². The molecule has 9 nitrogen and oxygen atoms in total. The second-order valence-electron chi connectivity index (χ2n) is 16.4. The lowest BCUT2D eigenvalue weighted by molar-refractivity contribution is -0.870. The van der Waals surface area contributed by atoms with Gasteiger partial charge in [0.15, 0.2) is 6.10 Å². The van der Waals surface area contributed by atoms with E-state index in [1.54, 1.807) is 0 Å². The lowest BCUT2D eigenvalue weighted by atomic mass is 10.0. The van der Waals surface area contributed by atoms with Crippen LogP contribution in [0.2, 0.25) is 0 Å². The van der Waals surface area contributed by atoms with Crippen LogP contribution in [0.5, 0.6) is 0 Å². The van der Waals surface area contributed by atoms with Gasteiger partial charge in [-0.25, -0.2) is 0 Å². The second-order valence-corrected chi connectivity index (χ2v) is 17.8. The number of rotatable bonds is 41. The monoisotopic (exact) mass is 800 g/mol. The largest absolute Gasteiger partial charge is 0.756 e. The first kappa shape index (κ1) is 53.5. The van der Waals surface area contributed by atoms with Gasteiger partial charge in [0.25, 0.3) is 7.82 Å². The Labute approximate surface area is 339 Å². The Morgan fingerprint density at radius 1 is 0.564 bits per heavy atom. The van der Waals surface area contributed by atoms with Gasteiger partial charge in [-0.1, -0.05) is 173 Å². The van der Waals surface area contributed by atoms with E-state index in [4.69, 9.17) is 18.5 Å². The fourth-order valence-electron chi connectivity index (χ4n) is 6.14. The summed E-state index contributed by atoms with van der Waals surface area (Å²) in [5.41, 5.74) is 0. The lowest BCUT2D eigenvalue weighted by Crippen LogP contribution is -2.37. The highest BCUT2D eigenvalue weighted by Gasteiger charge is 2.21. The zero-order chi connectivity index (χ0) is 40.7. The molecule has 0 fully saturated rings. The molecule has 10 heteroatoms. The van der Waals surface area contributed by atoms with Crippen molar-refractivity contribution in [1.29, 1.82) is 0 Å². The fraction of sp³-hybridized carbons (Fsp3) is 0.867. The van der Waals surface area contributed by atoms with Crippen LogP contribution in [0.3, 0.4) is 0 Å². The van der Waals surface area contributed by atoms with Gasteiger partial charge in [0.05, 0.1) is 27.7 Å². The zero-order valence-electron chi connectivity index (χ0n) is 36.4. The summed E-state index contributed by atoms with van der Waals surface area (Å²) in [7, 11) is 1.16. The molecule has 55 heavy (non-hydrogen) atoms. The number of unbranched alkanes of at least 4 members (excludes halogenated alkanes) is 23. The van der Waals surface area contributed by atoms with Crippen molar-refractivity contribution in [2.45, 2.75) is 206 Å². The van der Waals surface area contributed by atoms with Gasteiger partial charge in [-0.05, 0) is 38.5 Å². The van der Waals surface area contributed by atoms with Crippen LogP contribution in [0, 0.1) is 0 Å². The van der Waals surface area contributed by atoms with E-state index in [1.807, 2.05) is 21.1 Å². The summed E-state index contributed by atoms with van der Waals surface area (Å²) in [6.45, 7) is 4.19. The number of allylic oxidation sites excluding steroid dienone is 4. The third kappa shape index (κ3) is 41.9. The summed E-state index contributed by atoms with van der Waals surface area (Å²) in [5, 5.41) is 0. The Bertz CT molecular complexity index is 996. The minimum absolute atomic E-state index is 0.0319. The first-order chi connectivity index (χ1) is 26.5. The van der Waals surface area contributed by atoms with E-state index in [9.17, 15) is 19.0 Å². The average molecular weight is 800 g/mol. The maximum atomic E-state index is 12.7. The van der Waals surface area contributed by atoms with Gasteiger partial charge < -0.3 is 27.9 Å². The van der Waals surface area contributed by atoms with E-state index in [0.717, 1.165) is 64.2 Å². The van der Waals surface area contributed by atoms with E-state index in [-0.39, 0.29) is 32.0 Å². The summed E-state index contributed by atoms with van der Waals surface area (Å²) in [5.74, 6) is -0.843. The van der Waals surface area contributed by atoms with E-state index in [2.05, 4.69) is 38.2 Å². The molecule has 0 aromatic rings. The van der Waals surface area contributed by atoms with Crippen molar-refractivity contribution in [3.05, 3.63) is 24.3 Å². The Hall–Kier alpha value is -1.51. The van der Waals surface area contributed by atoms with E-state index in [0.29, 0.717) is 17.4 Å². The standard InChI is InChI=1S/C45H86NO8P/c1-6-8-10-12-14-16-18-20-22-23-24-26-27-29-31-33-35-37-44(47)51-41-43(42-53-55(49,50)52-40-39-46(3,4)5)54-45(48)38-36-34-32-30-28-25-21-19-17-15-13-11-9-7-2/h13,15,19,21,43H,6-12,14,16-18,20,22-42H2,1-5H3/b15-13+,21-19+/t43-/m1/s1. The predicted molar refractivity (Wildman–Crippen MR) is 227 cm³/mol. The van der Waals surface area contributed by atoms with E-state index < -0.39 is 26.5 Å². The van der Waals surface area contributed by atoms with Crippen LogP contribution >= 0.6 is 7.82 Å². The van der Waals surface area contributed by atoms with Crippen molar-refractivity contribution in [3.63, 3.8) is 0 Å². The Morgan fingerprint density at radius 2 is 1.00 bits per heavy atom. The predicted octanol–water partition coefficient (Wildman–Crippen LogP) is 12.1. The number of nitrogens with zero attached hydrogens (tertiary/aromatic N) is 1. The maximum absolute atomic E-state index is 12.7. The molecule has 2 atom stereocenters. The molecule has 0 aliphatic heterocycles. The number of phosphoric ester groups is 1. The molecule has 0 bridgehead atoms. The first-order valence-electron chi connectivity index (χ1n) is 22.5. The summed E-state index contributed by atoms with van der Waals surface area (Å²) >= 11 is 0. The molecule has 0 aliphatic rings.